The van der Waals surface area contributed by atoms with Gasteiger partial charge in [0.05, 0.1) is 12.4 Å². The van der Waals surface area contributed by atoms with Gasteiger partial charge < -0.3 is 10.1 Å². The first kappa shape index (κ1) is 11.2. The highest BCUT2D eigenvalue weighted by Crippen LogP contribution is 2.40. The third kappa shape index (κ3) is 1.84. The number of carbonyl (C=O) groups excluding carboxylic acids is 1. The van der Waals surface area contributed by atoms with E-state index in [1.165, 1.54) is 25.2 Å². The number of hydrogen-bond acceptors (Lipinski definition) is 5. The Balaban J connectivity index is 2.38. The molecule has 1 unspecified atom stereocenters. The Labute approximate surface area is 98.0 Å². The van der Waals surface area contributed by atoms with E-state index in [2.05, 4.69) is 15.3 Å². The van der Waals surface area contributed by atoms with Gasteiger partial charge in [-0.1, -0.05) is 25.6 Å². The third-order valence-corrected chi connectivity index (χ3v) is 3.87. The van der Waals surface area contributed by atoms with E-state index in [9.17, 15) is 4.79 Å². The molecule has 16 heavy (non-hydrogen) atoms. The number of aromatic nitrogens is 2. The van der Waals surface area contributed by atoms with Gasteiger partial charge in [0.2, 0.25) is 11.8 Å². The molecule has 2 rings (SSSR count). The fourth-order valence-corrected chi connectivity index (χ4v) is 2.56. The Morgan fingerprint density at radius 2 is 2.25 bits per heavy atom. The van der Waals surface area contributed by atoms with Crippen molar-refractivity contribution in [3.05, 3.63) is 6.33 Å². The van der Waals surface area contributed by atoms with Crippen molar-refractivity contribution in [2.45, 2.75) is 24.1 Å². The van der Waals surface area contributed by atoms with Gasteiger partial charge in [0, 0.05) is 0 Å². The second kappa shape index (κ2) is 4.29. The molecule has 1 amide bonds. The SMILES string of the molecule is COc1ncnc2c1NC(=O)C(C(C)C)S2. The highest BCUT2D eigenvalue weighted by molar-refractivity contribution is 8.00. The summed E-state index contributed by atoms with van der Waals surface area (Å²) in [5, 5.41) is 3.47. The topological polar surface area (TPSA) is 64.1 Å². The van der Waals surface area contributed by atoms with Gasteiger partial charge in [-0.05, 0) is 5.92 Å². The number of carbonyl (C=O) groups is 1. The summed E-state index contributed by atoms with van der Waals surface area (Å²) in [4.78, 5) is 19.9. The van der Waals surface area contributed by atoms with Crippen LogP contribution in [0, 0.1) is 5.92 Å². The Morgan fingerprint density at radius 3 is 2.88 bits per heavy atom. The molecule has 86 valence electrons. The van der Waals surface area contributed by atoms with E-state index in [0.717, 1.165) is 5.03 Å². The van der Waals surface area contributed by atoms with E-state index in [1.807, 2.05) is 13.8 Å². The molecule has 1 N–H and O–H groups in total. The van der Waals surface area contributed by atoms with Crippen molar-refractivity contribution in [2.75, 3.05) is 12.4 Å². The van der Waals surface area contributed by atoms with Gasteiger partial charge in [0.15, 0.2) is 0 Å². The first-order chi connectivity index (χ1) is 7.63. The van der Waals surface area contributed by atoms with Crippen LogP contribution in [-0.2, 0) is 4.79 Å². The van der Waals surface area contributed by atoms with Crippen LogP contribution in [0.1, 0.15) is 13.8 Å². The predicted octanol–water partition coefficient (Wildman–Crippen LogP) is 1.55. The molecule has 5 nitrogen and oxygen atoms in total. The molecule has 0 saturated heterocycles. The third-order valence-electron chi connectivity index (χ3n) is 2.32. The number of amides is 1. The Kier molecular flexibility index (Phi) is 3.00. The molecule has 0 saturated carbocycles. The van der Waals surface area contributed by atoms with E-state index < -0.39 is 0 Å². The maximum Gasteiger partial charge on any atom is 0.241 e. The fraction of sp³-hybridized carbons (Fsp3) is 0.500. The van der Waals surface area contributed by atoms with Crippen molar-refractivity contribution < 1.29 is 9.53 Å². The van der Waals surface area contributed by atoms with Crippen LogP contribution in [0.2, 0.25) is 0 Å². The van der Waals surface area contributed by atoms with Gasteiger partial charge in [0.1, 0.15) is 17.0 Å². The van der Waals surface area contributed by atoms with E-state index >= 15 is 0 Å². The molecule has 0 aromatic carbocycles. The van der Waals surface area contributed by atoms with Crippen molar-refractivity contribution in [3.63, 3.8) is 0 Å². The lowest BCUT2D eigenvalue weighted by molar-refractivity contribution is -0.116. The summed E-state index contributed by atoms with van der Waals surface area (Å²) >= 11 is 1.46. The van der Waals surface area contributed by atoms with Crippen molar-refractivity contribution in [1.29, 1.82) is 0 Å². The van der Waals surface area contributed by atoms with Crippen LogP contribution in [0.15, 0.2) is 11.4 Å². The summed E-state index contributed by atoms with van der Waals surface area (Å²) in [6.45, 7) is 4.03. The monoisotopic (exact) mass is 239 g/mol. The molecule has 0 spiro atoms. The molecule has 1 atom stereocenters. The summed E-state index contributed by atoms with van der Waals surface area (Å²) in [6, 6.07) is 0. The molecule has 6 heteroatoms. The van der Waals surface area contributed by atoms with E-state index in [0.29, 0.717) is 11.6 Å². The molecule has 1 aromatic rings. The Morgan fingerprint density at radius 1 is 1.50 bits per heavy atom. The van der Waals surface area contributed by atoms with Crippen molar-refractivity contribution >= 4 is 23.4 Å². The lowest BCUT2D eigenvalue weighted by atomic mass is 10.1. The average molecular weight is 239 g/mol. The number of ether oxygens (including phenoxy) is 1. The summed E-state index contributed by atoms with van der Waals surface area (Å²) < 4.78 is 5.08. The number of fused-ring (bicyclic) bond motifs is 1. The van der Waals surface area contributed by atoms with Gasteiger partial charge in [-0.2, -0.15) is 4.98 Å². The second-order valence-electron chi connectivity index (χ2n) is 3.83. The predicted molar refractivity (Wildman–Crippen MR) is 61.7 cm³/mol. The number of hydrogen-bond donors (Lipinski definition) is 1. The lowest BCUT2D eigenvalue weighted by Crippen LogP contribution is -2.33. The molecular formula is C10H13N3O2S. The number of nitrogens with one attached hydrogen (secondary N) is 1. The fourth-order valence-electron chi connectivity index (χ4n) is 1.51. The molecule has 0 bridgehead atoms. The van der Waals surface area contributed by atoms with Gasteiger partial charge in [-0.15, -0.1) is 0 Å². The number of methoxy groups -OCH3 is 1. The molecule has 1 aliphatic rings. The molecule has 1 aromatic heterocycles. The maximum absolute atomic E-state index is 11.8. The van der Waals surface area contributed by atoms with E-state index in [1.54, 1.807) is 0 Å². The van der Waals surface area contributed by atoms with Gasteiger partial charge in [-0.3, -0.25) is 4.79 Å². The van der Waals surface area contributed by atoms with Gasteiger partial charge in [-0.25, -0.2) is 4.98 Å². The smallest absolute Gasteiger partial charge is 0.241 e. The average Bonchev–Trinajstić information content (AvgIpc) is 2.27. The van der Waals surface area contributed by atoms with Gasteiger partial charge >= 0.3 is 0 Å². The van der Waals surface area contributed by atoms with Crippen LogP contribution in [0.4, 0.5) is 5.69 Å². The van der Waals surface area contributed by atoms with Crippen molar-refractivity contribution in [1.82, 2.24) is 9.97 Å². The number of anilines is 1. The highest BCUT2D eigenvalue weighted by Gasteiger charge is 2.32. The van der Waals surface area contributed by atoms with Crippen LogP contribution in [0.25, 0.3) is 0 Å². The standard InChI is InChI=1S/C10H13N3O2S/c1-5(2)7-8(14)13-6-9(15-3)11-4-12-10(6)16-7/h4-5,7H,1-3H3,(H,13,14). The largest absolute Gasteiger partial charge is 0.479 e. The second-order valence-corrected chi connectivity index (χ2v) is 4.97. The van der Waals surface area contributed by atoms with Crippen LogP contribution in [0.5, 0.6) is 5.88 Å². The minimum absolute atomic E-state index is 0.0133. The maximum atomic E-state index is 11.8. The van der Waals surface area contributed by atoms with Crippen molar-refractivity contribution in [2.24, 2.45) is 5.92 Å². The van der Waals surface area contributed by atoms with E-state index in [4.69, 9.17) is 4.74 Å². The zero-order valence-corrected chi connectivity index (χ0v) is 10.2. The number of thioether (sulfide) groups is 1. The van der Waals surface area contributed by atoms with Gasteiger partial charge in [0.25, 0.3) is 0 Å². The zero-order chi connectivity index (χ0) is 11.7. The first-order valence-electron chi connectivity index (χ1n) is 5.00. The summed E-state index contributed by atoms with van der Waals surface area (Å²) in [5.74, 6) is 0.660. The molecule has 0 fully saturated rings. The minimum atomic E-state index is -0.105. The minimum Gasteiger partial charge on any atom is -0.479 e. The first-order valence-corrected chi connectivity index (χ1v) is 5.88. The Hall–Kier alpha value is -1.30. The lowest BCUT2D eigenvalue weighted by Gasteiger charge is -2.25. The van der Waals surface area contributed by atoms with Crippen LogP contribution in [-0.4, -0.2) is 28.2 Å². The molecule has 0 aliphatic carbocycles. The normalized spacial score (nSPS) is 19.2. The summed E-state index contributed by atoms with van der Waals surface area (Å²) in [6.07, 6.45) is 1.44. The molecular weight excluding hydrogens is 226 g/mol. The molecule has 1 aliphatic heterocycles. The van der Waals surface area contributed by atoms with Crippen LogP contribution in [0.3, 0.4) is 0 Å². The molecule has 0 radical (unpaired) electrons. The Bertz CT molecular complexity index is 423. The summed E-state index contributed by atoms with van der Waals surface area (Å²) in [7, 11) is 1.52. The van der Waals surface area contributed by atoms with E-state index in [-0.39, 0.29) is 17.1 Å². The molecule has 2 heterocycles. The number of rotatable bonds is 2. The van der Waals surface area contributed by atoms with Crippen LogP contribution < -0.4 is 10.1 Å². The summed E-state index contributed by atoms with van der Waals surface area (Å²) in [5.41, 5.74) is 0.580. The number of nitrogens with zero attached hydrogens (tertiary/aromatic N) is 2. The quantitative estimate of drug-likeness (QED) is 0.793. The zero-order valence-electron chi connectivity index (χ0n) is 9.35. The van der Waals surface area contributed by atoms with Crippen molar-refractivity contribution in [3.8, 4) is 5.88 Å². The van der Waals surface area contributed by atoms with Crippen LogP contribution >= 0.6 is 11.8 Å². The highest BCUT2D eigenvalue weighted by atomic mass is 32.2.